The largest absolute Gasteiger partial charge is 0.311 e. The Bertz CT molecular complexity index is 4650. The van der Waals surface area contributed by atoms with E-state index in [2.05, 4.69) is 266 Å². The van der Waals surface area contributed by atoms with Gasteiger partial charge in [0.2, 0.25) is 0 Å². The van der Waals surface area contributed by atoms with Crippen molar-refractivity contribution in [3.63, 3.8) is 0 Å². The molecule has 10 aromatic carbocycles. The number of hydrogen-bond acceptors (Lipinski definition) is 1. The third-order valence-electron chi connectivity index (χ3n) is 18.6. The quantitative estimate of drug-likeness (QED) is 0.157. The van der Waals surface area contributed by atoms with Crippen LogP contribution in [0.15, 0.2) is 176 Å². The standard InChI is InChI=1S/C73H62BN3/c1-70(2,3)42-27-31-45(32-28-42)75-58-35-30-44(72(7,8)9)37-55(58)74-56-40-52-49-21-14-15-24-54(49)73(10,11)67(52)65-53-36-43(71(4,5)6)29-34-57(53)77(69(56)65)62-39-46(38-61(75)68(62)74)76-59-25-17-23-51-48-20-13-12-19-47(48)50-22-16-18-41-26-33-60(76)66(63(41)50)64(51)59/h12-40H,1-11H3. The maximum absolute atomic E-state index is 2.72. The lowest BCUT2D eigenvalue weighted by atomic mass is 9.33. The van der Waals surface area contributed by atoms with Gasteiger partial charge in [-0.15, -0.1) is 0 Å². The molecule has 2 aromatic heterocycles. The van der Waals surface area contributed by atoms with Gasteiger partial charge < -0.3 is 14.0 Å². The van der Waals surface area contributed by atoms with Crippen LogP contribution in [0.4, 0.5) is 17.1 Å². The Kier molecular flexibility index (Phi) is 8.61. The lowest BCUT2D eigenvalue weighted by molar-refractivity contribution is 0.590. The van der Waals surface area contributed by atoms with Crippen LogP contribution in [0.2, 0.25) is 0 Å². The molecule has 0 fully saturated rings. The Balaban J connectivity index is 1.11. The monoisotopic (exact) mass is 992 g/mol. The van der Waals surface area contributed by atoms with E-state index in [1.165, 1.54) is 155 Å². The van der Waals surface area contributed by atoms with Gasteiger partial charge in [-0.05, 0) is 159 Å². The second kappa shape index (κ2) is 14.7. The topological polar surface area (TPSA) is 13.1 Å². The Morgan fingerprint density at radius 2 is 0.987 bits per heavy atom. The van der Waals surface area contributed by atoms with Gasteiger partial charge in [0, 0.05) is 55.2 Å². The van der Waals surface area contributed by atoms with Crippen molar-refractivity contribution < 1.29 is 0 Å². The summed E-state index contributed by atoms with van der Waals surface area (Å²) in [7, 11) is 0. The molecule has 0 spiro atoms. The fourth-order valence-corrected chi connectivity index (χ4v) is 14.9. The predicted octanol–water partition coefficient (Wildman–Crippen LogP) is 17.5. The van der Waals surface area contributed by atoms with Crippen LogP contribution in [0.25, 0.3) is 99.1 Å². The first-order chi connectivity index (χ1) is 36.9. The van der Waals surface area contributed by atoms with Crippen LogP contribution in [0.5, 0.6) is 0 Å². The smallest absolute Gasteiger partial charge is 0.252 e. The van der Waals surface area contributed by atoms with Gasteiger partial charge >= 0.3 is 0 Å². The van der Waals surface area contributed by atoms with Crippen molar-refractivity contribution in [3.8, 4) is 44.8 Å². The molecule has 4 heterocycles. The summed E-state index contributed by atoms with van der Waals surface area (Å²) in [5, 5.41) is 7.97. The summed E-state index contributed by atoms with van der Waals surface area (Å²) in [6, 6.07) is 69.1. The van der Waals surface area contributed by atoms with Gasteiger partial charge in [-0.2, -0.15) is 0 Å². The highest BCUT2D eigenvalue weighted by molar-refractivity contribution is 7.00. The van der Waals surface area contributed by atoms with Crippen LogP contribution in [-0.4, -0.2) is 15.8 Å². The summed E-state index contributed by atoms with van der Waals surface area (Å²) in [6.45, 7) is 26.0. The first-order valence-electron chi connectivity index (χ1n) is 28.0. The maximum Gasteiger partial charge on any atom is 0.252 e. The third kappa shape index (κ3) is 5.84. The van der Waals surface area contributed by atoms with Gasteiger partial charge in [0.1, 0.15) is 0 Å². The minimum absolute atomic E-state index is 0.0114. The molecule has 4 aliphatic rings. The molecule has 0 N–H and O–H groups in total. The van der Waals surface area contributed by atoms with E-state index in [0.29, 0.717) is 0 Å². The molecule has 0 unspecified atom stereocenters. The highest BCUT2D eigenvalue weighted by atomic mass is 15.2. The van der Waals surface area contributed by atoms with E-state index < -0.39 is 0 Å². The van der Waals surface area contributed by atoms with Crippen LogP contribution in [0.1, 0.15) is 104 Å². The zero-order valence-electron chi connectivity index (χ0n) is 46.2. The molecule has 0 bridgehead atoms. The van der Waals surface area contributed by atoms with Gasteiger partial charge in [-0.1, -0.05) is 197 Å². The van der Waals surface area contributed by atoms with Gasteiger partial charge in [0.05, 0.1) is 22.2 Å². The Morgan fingerprint density at radius 1 is 0.390 bits per heavy atom. The number of fused-ring (bicyclic) bond motifs is 14. The SMILES string of the molecule is CC(C)(C)c1ccc(N2c3ccc(C(C)(C)C)cc3B3c4c2cc(-n2c5cccc6c5c5c7c(cccc7ccc52)-c2ccccc2-6)cc4-n2c4ccc(C(C)(C)C)cc4c4c5c(cc3c42)-c2ccccc2C5(C)C)cc1. The summed E-state index contributed by atoms with van der Waals surface area (Å²) >= 11 is 0. The molecule has 2 aliphatic carbocycles. The lowest BCUT2D eigenvalue weighted by Gasteiger charge is -2.41. The first kappa shape index (κ1) is 45.1. The maximum atomic E-state index is 2.72. The normalized spacial score (nSPS) is 14.7. The van der Waals surface area contributed by atoms with E-state index in [1.807, 2.05) is 0 Å². The lowest BCUT2D eigenvalue weighted by Crippen LogP contribution is -2.60. The van der Waals surface area contributed by atoms with Crippen molar-refractivity contribution in [2.75, 3.05) is 4.90 Å². The number of nitrogens with zero attached hydrogens (tertiary/aromatic N) is 3. The second-order valence-electron chi connectivity index (χ2n) is 26.5. The van der Waals surface area contributed by atoms with Crippen LogP contribution in [0.3, 0.4) is 0 Å². The number of rotatable bonds is 2. The van der Waals surface area contributed by atoms with E-state index in [9.17, 15) is 0 Å². The Labute approximate surface area is 452 Å². The van der Waals surface area contributed by atoms with Crippen LogP contribution >= 0.6 is 0 Å². The van der Waals surface area contributed by atoms with Crippen molar-refractivity contribution in [2.45, 2.75) is 97.8 Å². The molecule has 0 atom stereocenters. The average Bonchev–Trinajstić information content (AvgIpc) is 3.55. The van der Waals surface area contributed by atoms with Crippen LogP contribution in [0, 0.1) is 0 Å². The molecule has 0 radical (unpaired) electrons. The summed E-state index contributed by atoms with van der Waals surface area (Å²) < 4.78 is 5.33. The molecule has 77 heavy (non-hydrogen) atoms. The van der Waals surface area contributed by atoms with Gasteiger partial charge in [0.15, 0.2) is 0 Å². The molecule has 372 valence electrons. The molecule has 12 aromatic rings. The number of anilines is 3. The van der Waals surface area contributed by atoms with Crippen molar-refractivity contribution in [1.82, 2.24) is 9.13 Å². The zero-order chi connectivity index (χ0) is 52.6. The fourth-order valence-electron chi connectivity index (χ4n) is 14.9. The molecule has 2 aliphatic heterocycles. The highest BCUT2D eigenvalue weighted by Gasteiger charge is 2.47. The minimum Gasteiger partial charge on any atom is -0.311 e. The number of hydrogen-bond donors (Lipinski definition) is 0. The van der Waals surface area contributed by atoms with Crippen molar-refractivity contribution >= 4 is 94.5 Å². The molecule has 16 rings (SSSR count). The van der Waals surface area contributed by atoms with E-state index in [4.69, 9.17) is 0 Å². The van der Waals surface area contributed by atoms with E-state index in [-0.39, 0.29) is 28.4 Å². The number of benzene rings is 10. The Morgan fingerprint density at radius 3 is 1.71 bits per heavy atom. The highest BCUT2D eigenvalue weighted by Crippen LogP contribution is 2.56. The van der Waals surface area contributed by atoms with Gasteiger partial charge in [-0.3, -0.25) is 0 Å². The molecule has 0 saturated heterocycles. The minimum atomic E-state index is -0.222. The molecule has 3 nitrogen and oxygen atoms in total. The molecule has 4 heteroatoms. The van der Waals surface area contributed by atoms with E-state index >= 15 is 0 Å². The Hall–Kier alpha value is -8.08. The molecular formula is C73H62BN3. The molecule has 0 amide bonds. The summed E-state index contributed by atoms with van der Waals surface area (Å²) in [5.74, 6) is 0. The molecule has 0 saturated carbocycles. The first-order valence-corrected chi connectivity index (χ1v) is 28.0. The number of aromatic nitrogens is 2. The predicted molar refractivity (Wildman–Crippen MR) is 330 cm³/mol. The van der Waals surface area contributed by atoms with E-state index in [1.54, 1.807) is 0 Å². The summed E-state index contributed by atoms with van der Waals surface area (Å²) in [4.78, 5) is 2.62. The summed E-state index contributed by atoms with van der Waals surface area (Å²) in [6.07, 6.45) is 0. The summed E-state index contributed by atoms with van der Waals surface area (Å²) in [5.41, 5.74) is 29.6. The average molecular weight is 992 g/mol. The van der Waals surface area contributed by atoms with Crippen molar-refractivity contribution in [3.05, 3.63) is 204 Å². The third-order valence-corrected chi connectivity index (χ3v) is 18.6. The van der Waals surface area contributed by atoms with E-state index in [0.717, 1.165) is 5.69 Å². The van der Waals surface area contributed by atoms with Crippen molar-refractivity contribution in [2.24, 2.45) is 0 Å². The van der Waals surface area contributed by atoms with Crippen molar-refractivity contribution in [1.29, 1.82) is 0 Å². The zero-order valence-corrected chi connectivity index (χ0v) is 46.2. The molecular weight excluding hydrogens is 930 g/mol. The second-order valence-corrected chi connectivity index (χ2v) is 26.5. The fraction of sp³-hybridized carbons (Fsp3) is 0.205. The van der Waals surface area contributed by atoms with Crippen LogP contribution < -0.4 is 21.3 Å². The van der Waals surface area contributed by atoms with Gasteiger partial charge in [0.25, 0.3) is 6.71 Å². The van der Waals surface area contributed by atoms with Gasteiger partial charge in [-0.25, -0.2) is 0 Å². The van der Waals surface area contributed by atoms with Crippen LogP contribution in [-0.2, 0) is 21.7 Å².